The highest BCUT2D eigenvalue weighted by Gasteiger charge is 2.33. The highest BCUT2D eigenvalue weighted by molar-refractivity contribution is 6.34. The smallest absolute Gasteiger partial charge is 0.290 e. The molecular weight excluding hydrogens is 399 g/mol. The van der Waals surface area contributed by atoms with Crippen molar-refractivity contribution in [3.63, 3.8) is 0 Å². The minimum atomic E-state index is -0.0762. The van der Waals surface area contributed by atoms with Crippen molar-refractivity contribution >= 4 is 41.5 Å². The van der Waals surface area contributed by atoms with Gasteiger partial charge < -0.3 is 19.0 Å². The molecule has 0 radical (unpaired) electrons. The Labute approximate surface area is 168 Å². The number of carbonyl (C=O) groups is 1. The van der Waals surface area contributed by atoms with E-state index in [9.17, 15) is 4.79 Å². The maximum Gasteiger partial charge on any atom is 0.290 e. The van der Waals surface area contributed by atoms with Crippen LogP contribution in [-0.4, -0.2) is 47.9 Å². The van der Waals surface area contributed by atoms with Crippen molar-refractivity contribution in [3.8, 4) is 11.7 Å². The van der Waals surface area contributed by atoms with Crippen molar-refractivity contribution < 1.29 is 13.9 Å². The fraction of sp³-hybridized carbons (Fsp3) is 0.389. The Kier molecular flexibility index (Phi) is 6.03. The van der Waals surface area contributed by atoms with E-state index in [1.54, 1.807) is 30.3 Å². The highest BCUT2D eigenvalue weighted by Crippen LogP contribution is 2.30. The number of hydrogen-bond donors (Lipinski definition) is 0. The molecule has 0 saturated carbocycles. The molecule has 5 rings (SSSR count). The lowest BCUT2D eigenvalue weighted by molar-refractivity contribution is 0.0647. The van der Waals surface area contributed by atoms with E-state index in [-0.39, 0.29) is 24.3 Å². The molecule has 0 unspecified atom stereocenters. The molecular formula is C18H19Cl3N2O3. The number of fused-ring (bicyclic) bond motifs is 4. The van der Waals surface area contributed by atoms with Gasteiger partial charge in [0.1, 0.15) is 5.75 Å². The van der Waals surface area contributed by atoms with Gasteiger partial charge >= 0.3 is 0 Å². The number of hydrogen-bond acceptors (Lipinski definition) is 4. The highest BCUT2D eigenvalue weighted by atomic mass is 35.5. The second-order valence-corrected chi connectivity index (χ2v) is 7.27. The van der Waals surface area contributed by atoms with Crippen LogP contribution in [0.5, 0.6) is 11.7 Å². The molecule has 3 fully saturated rings. The van der Waals surface area contributed by atoms with E-state index in [0.29, 0.717) is 27.6 Å². The first-order valence-electron chi connectivity index (χ1n) is 8.35. The van der Waals surface area contributed by atoms with Crippen LogP contribution in [0, 0.1) is 0 Å². The number of amides is 1. The van der Waals surface area contributed by atoms with E-state index in [0.717, 1.165) is 39.0 Å². The van der Waals surface area contributed by atoms with E-state index >= 15 is 0 Å². The van der Waals surface area contributed by atoms with Crippen LogP contribution in [0.15, 0.2) is 34.7 Å². The molecule has 2 aromatic rings. The van der Waals surface area contributed by atoms with E-state index < -0.39 is 0 Å². The standard InChI is InChI=1S/C18H18Cl2N2O3.ClH/c19-12-9-13(20)11-15(10-12)24-17-2-1-16(25-17)18(23)22-8-7-21-5-3-14(22)4-6-21;/h1-2,9-11,14H,3-8H2;1H. The third-order valence-corrected chi connectivity index (χ3v) is 5.20. The van der Waals surface area contributed by atoms with Crippen LogP contribution in [0.2, 0.25) is 10.0 Å². The van der Waals surface area contributed by atoms with Gasteiger partial charge in [0.2, 0.25) is 0 Å². The summed E-state index contributed by atoms with van der Waals surface area (Å²) in [4.78, 5) is 17.2. The average molecular weight is 418 g/mol. The largest absolute Gasteiger partial charge is 0.426 e. The Morgan fingerprint density at radius 1 is 1.04 bits per heavy atom. The van der Waals surface area contributed by atoms with Gasteiger partial charge in [-0.1, -0.05) is 23.2 Å². The fourth-order valence-electron chi connectivity index (χ4n) is 3.49. The molecule has 1 aromatic heterocycles. The van der Waals surface area contributed by atoms with E-state index in [2.05, 4.69) is 4.90 Å². The van der Waals surface area contributed by atoms with Gasteiger partial charge in [-0.3, -0.25) is 4.79 Å². The van der Waals surface area contributed by atoms with Gasteiger partial charge in [-0.2, -0.15) is 0 Å². The zero-order valence-corrected chi connectivity index (χ0v) is 16.3. The summed E-state index contributed by atoms with van der Waals surface area (Å²) in [5.41, 5.74) is 0. The summed E-state index contributed by atoms with van der Waals surface area (Å²) in [6, 6.07) is 8.49. The molecule has 0 atom stereocenters. The van der Waals surface area contributed by atoms with Crippen molar-refractivity contribution in [1.29, 1.82) is 0 Å². The van der Waals surface area contributed by atoms with Crippen molar-refractivity contribution in [2.75, 3.05) is 26.2 Å². The Morgan fingerprint density at radius 2 is 1.73 bits per heavy atom. The summed E-state index contributed by atoms with van der Waals surface area (Å²) in [6.07, 6.45) is 2.05. The van der Waals surface area contributed by atoms with Gasteiger partial charge in [0.25, 0.3) is 11.9 Å². The summed E-state index contributed by atoms with van der Waals surface area (Å²) < 4.78 is 11.2. The van der Waals surface area contributed by atoms with Crippen molar-refractivity contribution in [1.82, 2.24) is 9.80 Å². The predicted octanol–water partition coefficient (Wildman–Crippen LogP) is 4.72. The van der Waals surface area contributed by atoms with Gasteiger partial charge in [0.05, 0.1) is 0 Å². The van der Waals surface area contributed by atoms with E-state index in [1.807, 2.05) is 4.90 Å². The molecule has 1 amide bonds. The maximum absolute atomic E-state index is 12.8. The molecule has 1 aromatic carbocycles. The van der Waals surface area contributed by atoms with Crippen LogP contribution in [0.4, 0.5) is 0 Å². The molecule has 0 N–H and O–H groups in total. The maximum atomic E-state index is 12.8. The number of nitrogens with zero attached hydrogens (tertiary/aromatic N) is 2. The first kappa shape index (κ1) is 19.4. The number of benzene rings is 1. The molecule has 0 aliphatic carbocycles. The summed E-state index contributed by atoms with van der Waals surface area (Å²) in [7, 11) is 0. The number of rotatable bonds is 3. The molecule has 8 heteroatoms. The second kappa shape index (κ2) is 8.09. The molecule has 0 spiro atoms. The fourth-order valence-corrected chi connectivity index (χ4v) is 3.99. The van der Waals surface area contributed by atoms with Crippen molar-refractivity contribution in [3.05, 3.63) is 46.1 Å². The third kappa shape index (κ3) is 4.12. The summed E-state index contributed by atoms with van der Waals surface area (Å²) >= 11 is 11.9. The Balaban J connectivity index is 0.00000196. The number of carbonyl (C=O) groups excluding carboxylic acids is 1. The van der Waals surface area contributed by atoms with Crippen LogP contribution in [0.25, 0.3) is 0 Å². The average Bonchev–Trinajstić information content (AvgIpc) is 2.83. The normalized spacial score (nSPS) is 21.8. The van der Waals surface area contributed by atoms with Crippen LogP contribution >= 0.6 is 35.6 Å². The van der Waals surface area contributed by atoms with Gasteiger partial charge in [0, 0.05) is 48.3 Å². The number of furan rings is 1. The van der Waals surface area contributed by atoms with Crippen LogP contribution in [0.3, 0.4) is 0 Å². The lowest BCUT2D eigenvalue weighted by Crippen LogP contribution is -2.41. The minimum absolute atomic E-state index is 0. The molecule has 4 heterocycles. The molecule has 26 heavy (non-hydrogen) atoms. The monoisotopic (exact) mass is 416 g/mol. The van der Waals surface area contributed by atoms with Gasteiger partial charge in [-0.05, 0) is 37.1 Å². The molecule has 2 bridgehead atoms. The summed E-state index contributed by atoms with van der Waals surface area (Å²) in [6.45, 7) is 3.80. The molecule has 3 saturated heterocycles. The lowest BCUT2D eigenvalue weighted by atomic mass is 10.1. The topological polar surface area (TPSA) is 45.9 Å². The SMILES string of the molecule is Cl.O=C(c1ccc(Oc2cc(Cl)cc(Cl)c2)o1)N1CCN2CCC1CC2. The van der Waals surface area contributed by atoms with Crippen LogP contribution in [-0.2, 0) is 0 Å². The summed E-state index contributed by atoms with van der Waals surface area (Å²) in [5.74, 6) is 0.924. The van der Waals surface area contributed by atoms with Gasteiger partial charge in [-0.15, -0.1) is 12.4 Å². The number of ether oxygens (including phenoxy) is 1. The zero-order chi connectivity index (χ0) is 17.4. The van der Waals surface area contributed by atoms with Gasteiger partial charge in [-0.25, -0.2) is 0 Å². The Morgan fingerprint density at radius 3 is 2.42 bits per heavy atom. The molecule has 5 nitrogen and oxygen atoms in total. The Hall–Kier alpha value is -1.40. The van der Waals surface area contributed by atoms with Crippen molar-refractivity contribution in [2.45, 2.75) is 18.9 Å². The van der Waals surface area contributed by atoms with Gasteiger partial charge in [0.15, 0.2) is 5.76 Å². The first-order chi connectivity index (χ1) is 12.1. The zero-order valence-electron chi connectivity index (χ0n) is 14.0. The summed E-state index contributed by atoms with van der Waals surface area (Å²) in [5, 5.41) is 0.946. The molecule has 3 aliphatic rings. The predicted molar refractivity (Wildman–Crippen MR) is 103 cm³/mol. The molecule has 3 aliphatic heterocycles. The molecule has 140 valence electrons. The Bertz CT molecular complexity index is 767. The number of halogens is 3. The van der Waals surface area contributed by atoms with Crippen LogP contribution in [0.1, 0.15) is 23.4 Å². The van der Waals surface area contributed by atoms with Crippen molar-refractivity contribution in [2.24, 2.45) is 0 Å². The lowest BCUT2D eigenvalue weighted by Gasteiger charge is -2.30. The van der Waals surface area contributed by atoms with Crippen LogP contribution < -0.4 is 4.74 Å². The third-order valence-electron chi connectivity index (χ3n) is 4.76. The van der Waals surface area contributed by atoms with E-state index in [4.69, 9.17) is 32.4 Å². The second-order valence-electron chi connectivity index (χ2n) is 6.40. The van der Waals surface area contributed by atoms with E-state index in [1.165, 1.54) is 0 Å². The number of piperidine rings is 1. The first-order valence-corrected chi connectivity index (χ1v) is 9.11. The minimum Gasteiger partial charge on any atom is -0.426 e. The quantitative estimate of drug-likeness (QED) is 0.725.